The van der Waals surface area contributed by atoms with E-state index >= 15 is 0 Å². The first kappa shape index (κ1) is 16.3. The van der Waals surface area contributed by atoms with Crippen molar-refractivity contribution < 1.29 is 13.5 Å². The molecule has 0 aliphatic heterocycles. The van der Waals surface area contributed by atoms with Crippen LogP contribution in [0.5, 0.6) is 5.88 Å². The zero-order valence-electron chi connectivity index (χ0n) is 12.4. The fourth-order valence-electron chi connectivity index (χ4n) is 1.88. The Bertz CT molecular complexity index is 930. The van der Waals surface area contributed by atoms with Crippen molar-refractivity contribution in [2.75, 3.05) is 12.4 Å². The van der Waals surface area contributed by atoms with E-state index in [-0.39, 0.29) is 34.1 Å². The van der Waals surface area contributed by atoms with Crippen LogP contribution in [-0.4, -0.2) is 26.9 Å². The first-order valence-corrected chi connectivity index (χ1v) is 7.51. The summed E-state index contributed by atoms with van der Waals surface area (Å²) in [6.07, 6.45) is 0. The Morgan fingerprint density at radius 1 is 1.38 bits per heavy atom. The van der Waals surface area contributed by atoms with Gasteiger partial charge in [0.2, 0.25) is 17.7 Å². The predicted molar refractivity (Wildman–Crippen MR) is 87.9 cm³/mol. The number of nitrogens with one attached hydrogen (secondary N) is 1. The lowest BCUT2D eigenvalue weighted by Gasteiger charge is -2.06. The fourth-order valence-corrected chi connectivity index (χ4v) is 2.23. The summed E-state index contributed by atoms with van der Waals surface area (Å²) in [4.78, 5) is 8.16. The van der Waals surface area contributed by atoms with Gasteiger partial charge in [-0.1, -0.05) is 23.7 Å². The minimum Gasteiger partial charge on any atom is -0.481 e. The van der Waals surface area contributed by atoms with Gasteiger partial charge in [0.15, 0.2) is 0 Å². The van der Waals surface area contributed by atoms with E-state index in [0.717, 1.165) is 0 Å². The highest BCUT2D eigenvalue weighted by atomic mass is 35.5. The molecule has 124 valence electrons. The van der Waals surface area contributed by atoms with Crippen LogP contribution in [0, 0.1) is 10.7 Å². The second kappa shape index (κ2) is 6.93. The first-order valence-electron chi connectivity index (χ1n) is 6.72. The van der Waals surface area contributed by atoms with Crippen molar-refractivity contribution in [1.82, 2.24) is 19.7 Å². The van der Waals surface area contributed by atoms with E-state index in [4.69, 9.17) is 33.0 Å². The van der Waals surface area contributed by atoms with E-state index in [1.54, 1.807) is 18.2 Å². The van der Waals surface area contributed by atoms with Crippen molar-refractivity contribution >= 4 is 29.8 Å². The standard InChI is InChI=1S/C14H11ClFN5O2S/c1-22-11-6-10(15)18-13(19-11)17-7-21-14(24)23-12(20-21)8-4-2-3-5-9(8)16/h2-6H,7H2,1H3,(H,17,18,19). The number of rotatable bonds is 5. The number of hydrogen-bond acceptors (Lipinski definition) is 7. The smallest absolute Gasteiger partial charge is 0.289 e. The molecule has 1 aromatic carbocycles. The largest absolute Gasteiger partial charge is 0.481 e. The summed E-state index contributed by atoms with van der Waals surface area (Å²) in [6, 6.07) is 7.61. The van der Waals surface area contributed by atoms with Gasteiger partial charge in [0.1, 0.15) is 17.6 Å². The number of aromatic nitrogens is 4. The third-order valence-corrected chi connectivity index (χ3v) is 3.47. The summed E-state index contributed by atoms with van der Waals surface area (Å²) in [5.74, 6) is 0.186. The third kappa shape index (κ3) is 3.52. The Morgan fingerprint density at radius 2 is 2.17 bits per heavy atom. The Morgan fingerprint density at radius 3 is 2.92 bits per heavy atom. The minimum atomic E-state index is -0.447. The van der Waals surface area contributed by atoms with Gasteiger partial charge in [0.25, 0.3) is 4.84 Å². The van der Waals surface area contributed by atoms with Crippen LogP contribution in [0.4, 0.5) is 10.3 Å². The van der Waals surface area contributed by atoms with E-state index < -0.39 is 5.82 Å². The molecular weight excluding hydrogens is 357 g/mol. The van der Waals surface area contributed by atoms with Crippen molar-refractivity contribution in [3.63, 3.8) is 0 Å². The van der Waals surface area contributed by atoms with Crippen LogP contribution in [0.3, 0.4) is 0 Å². The van der Waals surface area contributed by atoms with Crippen LogP contribution >= 0.6 is 23.8 Å². The molecule has 0 atom stereocenters. The minimum absolute atomic E-state index is 0.0785. The quantitative estimate of drug-likeness (QED) is 0.546. The second-order valence-corrected chi connectivity index (χ2v) is 5.28. The maximum Gasteiger partial charge on any atom is 0.289 e. The molecule has 2 heterocycles. The van der Waals surface area contributed by atoms with Gasteiger partial charge in [-0.15, -0.1) is 5.10 Å². The van der Waals surface area contributed by atoms with Gasteiger partial charge in [-0.05, 0) is 24.4 Å². The zero-order valence-corrected chi connectivity index (χ0v) is 13.9. The molecule has 0 aliphatic carbocycles. The van der Waals surface area contributed by atoms with Crippen molar-refractivity contribution in [2.45, 2.75) is 6.67 Å². The summed E-state index contributed by atoms with van der Waals surface area (Å²) in [6.45, 7) is 0.111. The van der Waals surface area contributed by atoms with Crippen LogP contribution < -0.4 is 10.1 Å². The Hall–Kier alpha value is -2.52. The predicted octanol–water partition coefficient (Wildman–Crippen LogP) is 3.53. The van der Waals surface area contributed by atoms with Gasteiger partial charge in [0.05, 0.1) is 12.7 Å². The maximum atomic E-state index is 13.8. The van der Waals surface area contributed by atoms with Gasteiger partial charge < -0.3 is 14.5 Å². The Labute approximate surface area is 146 Å². The number of benzene rings is 1. The molecule has 1 N–H and O–H groups in total. The highest BCUT2D eigenvalue weighted by Gasteiger charge is 2.12. The molecule has 0 amide bonds. The normalized spacial score (nSPS) is 10.6. The molecular formula is C14H11ClFN5O2S. The van der Waals surface area contributed by atoms with Gasteiger partial charge in [-0.25, -0.2) is 14.1 Å². The molecule has 0 fully saturated rings. The summed E-state index contributed by atoms with van der Waals surface area (Å²) in [5.41, 5.74) is 0.225. The van der Waals surface area contributed by atoms with Crippen LogP contribution in [0.2, 0.25) is 5.15 Å². The molecule has 0 bridgehead atoms. The molecule has 0 aliphatic rings. The summed E-state index contributed by atoms with van der Waals surface area (Å²) in [5, 5.41) is 7.26. The topological polar surface area (TPSA) is 78.0 Å². The molecule has 7 nitrogen and oxygen atoms in total. The number of ether oxygens (including phenoxy) is 1. The second-order valence-electron chi connectivity index (χ2n) is 4.54. The van der Waals surface area contributed by atoms with Crippen molar-refractivity contribution in [3.8, 4) is 17.3 Å². The highest BCUT2D eigenvalue weighted by molar-refractivity contribution is 7.71. The van der Waals surface area contributed by atoms with Crippen LogP contribution in [0.25, 0.3) is 11.5 Å². The lowest BCUT2D eigenvalue weighted by molar-refractivity contribution is 0.397. The van der Waals surface area contributed by atoms with E-state index in [2.05, 4.69) is 20.4 Å². The summed E-state index contributed by atoms with van der Waals surface area (Å²) in [7, 11) is 1.47. The van der Waals surface area contributed by atoms with E-state index in [1.807, 2.05) is 0 Å². The Balaban J connectivity index is 1.81. The van der Waals surface area contributed by atoms with Crippen LogP contribution in [0.1, 0.15) is 0 Å². The van der Waals surface area contributed by atoms with Gasteiger partial charge in [-0.2, -0.15) is 4.98 Å². The van der Waals surface area contributed by atoms with Gasteiger partial charge in [0, 0.05) is 6.07 Å². The Kier molecular flexibility index (Phi) is 4.72. The summed E-state index contributed by atoms with van der Waals surface area (Å²) < 4.78 is 25.5. The van der Waals surface area contributed by atoms with Crippen molar-refractivity contribution in [1.29, 1.82) is 0 Å². The lowest BCUT2D eigenvalue weighted by Crippen LogP contribution is -2.12. The van der Waals surface area contributed by atoms with Gasteiger partial charge in [-0.3, -0.25) is 0 Å². The number of methoxy groups -OCH3 is 1. The van der Waals surface area contributed by atoms with E-state index in [9.17, 15) is 4.39 Å². The molecule has 0 spiro atoms. The number of hydrogen-bond donors (Lipinski definition) is 1. The van der Waals surface area contributed by atoms with Crippen LogP contribution in [0.15, 0.2) is 34.7 Å². The monoisotopic (exact) mass is 367 g/mol. The molecule has 3 aromatic rings. The molecule has 0 unspecified atom stereocenters. The fraction of sp³-hybridized carbons (Fsp3) is 0.143. The molecule has 24 heavy (non-hydrogen) atoms. The molecule has 2 aromatic heterocycles. The number of halogens is 2. The first-order chi connectivity index (χ1) is 11.6. The lowest BCUT2D eigenvalue weighted by atomic mass is 10.2. The van der Waals surface area contributed by atoms with E-state index in [1.165, 1.54) is 23.9 Å². The summed E-state index contributed by atoms with van der Waals surface area (Å²) >= 11 is 11.0. The molecule has 0 radical (unpaired) electrons. The van der Waals surface area contributed by atoms with Crippen molar-refractivity contribution in [3.05, 3.63) is 46.1 Å². The zero-order chi connectivity index (χ0) is 17.1. The van der Waals surface area contributed by atoms with Gasteiger partial charge >= 0.3 is 0 Å². The molecule has 0 saturated carbocycles. The highest BCUT2D eigenvalue weighted by Crippen LogP contribution is 2.21. The SMILES string of the molecule is COc1cc(Cl)nc(NCn2nc(-c3ccccc3F)oc2=S)n1. The third-order valence-electron chi connectivity index (χ3n) is 2.98. The van der Waals surface area contributed by atoms with Crippen LogP contribution in [-0.2, 0) is 6.67 Å². The average molecular weight is 368 g/mol. The van der Waals surface area contributed by atoms with E-state index in [0.29, 0.717) is 5.88 Å². The maximum absolute atomic E-state index is 13.8. The number of anilines is 1. The molecule has 10 heteroatoms. The average Bonchev–Trinajstić information content (AvgIpc) is 2.93. The molecule has 3 rings (SSSR count). The number of nitrogens with zero attached hydrogens (tertiary/aromatic N) is 4. The van der Waals surface area contributed by atoms with Crippen molar-refractivity contribution in [2.24, 2.45) is 0 Å². The molecule has 0 saturated heterocycles.